The number of nitrogens with zero attached hydrogens (tertiary/aromatic N) is 3. The van der Waals surface area contributed by atoms with Gasteiger partial charge in [0.1, 0.15) is 0 Å². The number of aromatic nitrogens is 3. The number of esters is 1. The molecule has 6 heteroatoms. The van der Waals surface area contributed by atoms with Gasteiger partial charge in [0.15, 0.2) is 5.69 Å². The van der Waals surface area contributed by atoms with Crippen LogP contribution in [0.1, 0.15) is 42.9 Å². The molecule has 96 valence electrons. The summed E-state index contributed by atoms with van der Waals surface area (Å²) in [5.74, 6) is 1.84. The highest BCUT2D eigenvalue weighted by atomic mass is 32.2. The molecule has 0 fully saturated rings. The molecule has 0 amide bonds. The van der Waals surface area contributed by atoms with Crippen molar-refractivity contribution < 1.29 is 9.53 Å². The summed E-state index contributed by atoms with van der Waals surface area (Å²) < 4.78 is 6.51. The minimum atomic E-state index is -0.414. The molecule has 0 aliphatic rings. The highest BCUT2D eigenvalue weighted by Gasteiger charge is 2.22. The first-order valence-corrected chi connectivity index (χ1v) is 6.86. The number of methoxy groups -OCH3 is 1. The van der Waals surface area contributed by atoms with Crippen molar-refractivity contribution in [3.63, 3.8) is 0 Å². The Balaban J connectivity index is 2.90. The van der Waals surface area contributed by atoms with Crippen LogP contribution in [0.4, 0.5) is 0 Å². The van der Waals surface area contributed by atoms with E-state index in [2.05, 4.69) is 17.2 Å². The molecule has 0 atom stereocenters. The lowest BCUT2D eigenvalue weighted by Gasteiger charge is -2.09. The molecular weight excluding hydrogens is 238 g/mol. The van der Waals surface area contributed by atoms with Crippen molar-refractivity contribution in [3.05, 3.63) is 11.4 Å². The molecule has 17 heavy (non-hydrogen) atoms. The number of carbonyl (C=O) groups excluding carboxylic acids is 1. The van der Waals surface area contributed by atoms with Gasteiger partial charge in [-0.15, -0.1) is 5.10 Å². The average molecular weight is 257 g/mol. The van der Waals surface area contributed by atoms with Crippen molar-refractivity contribution in [1.82, 2.24) is 15.0 Å². The molecule has 0 N–H and O–H groups in total. The lowest BCUT2D eigenvalue weighted by atomic mass is 10.1. The number of ether oxygens (including phenoxy) is 1. The van der Waals surface area contributed by atoms with Gasteiger partial charge in [0.25, 0.3) is 0 Å². The lowest BCUT2D eigenvalue weighted by Crippen LogP contribution is -2.12. The summed E-state index contributed by atoms with van der Waals surface area (Å²) >= 11 is 1.84. The largest absolute Gasteiger partial charge is 0.464 e. The number of aryl methyl sites for hydroxylation is 1. The van der Waals surface area contributed by atoms with Crippen molar-refractivity contribution >= 4 is 17.7 Å². The number of thioether (sulfide) groups is 1. The maximum absolute atomic E-state index is 11.5. The zero-order chi connectivity index (χ0) is 12.8. The van der Waals surface area contributed by atoms with Crippen molar-refractivity contribution in [3.8, 4) is 0 Å². The highest BCUT2D eigenvalue weighted by Crippen LogP contribution is 2.18. The summed E-state index contributed by atoms with van der Waals surface area (Å²) in [5.41, 5.74) is 1.19. The molecule has 0 radical (unpaired) electrons. The SMILES string of the molecule is CCSCCn1nnc(C(=O)OC)c1C(C)C. The molecule has 1 rings (SSSR count). The van der Waals surface area contributed by atoms with E-state index in [9.17, 15) is 4.79 Å². The van der Waals surface area contributed by atoms with Gasteiger partial charge in [-0.05, 0) is 11.7 Å². The fourth-order valence-corrected chi connectivity index (χ4v) is 2.19. The second kappa shape index (κ2) is 6.64. The van der Waals surface area contributed by atoms with Crippen molar-refractivity contribution in [2.24, 2.45) is 0 Å². The van der Waals surface area contributed by atoms with E-state index in [1.807, 2.05) is 25.6 Å². The van der Waals surface area contributed by atoms with Crippen LogP contribution in [-0.4, -0.2) is 39.6 Å². The third-order valence-electron chi connectivity index (χ3n) is 2.35. The number of rotatable bonds is 6. The Morgan fingerprint density at radius 3 is 2.76 bits per heavy atom. The molecule has 1 heterocycles. The van der Waals surface area contributed by atoms with Crippen molar-refractivity contribution in [2.75, 3.05) is 18.6 Å². The third kappa shape index (κ3) is 3.46. The van der Waals surface area contributed by atoms with Crippen LogP contribution in [-0.2, 0) is 11.3 Å². The van der Waals surface area contributed by atoms with Crippen molar-refractivity contribution in [1.29, 1.82) is 0 Å². The smallest absolute Gasteiger partial charge is 0.360 e. The minimum absolute atomic E-state index is 0.200. The quantitative estimate of drug-likeness (QED) is 0.576. The molecular formula is C11H19N3O2S. The van der Waals surface area contributed by atoms with Crippen LogP contribution in [0.2, 0.25) is 0 Å². The summed E-state index contributed by atoms with van der Waals surface area (Å²) in [4.78, 5) is 11.5. The molecule has 0 saturated heterocycles. The van der Waals surface area contributed by atoms with Crippen LogP contribution < -0.4 is 0 Å². The second-order valence-electron chi connectivity index (χ2n) is 3.89. The molecule has 0 saturated carbocycles. The van der Waals surface area contributed by atoms with Gasteiger partial charge >= 0.3 is 5.97 Å². The van der Waals surface area contributed by atoms with E-state index >= 15 is 0 Å². The van der Waals surface area contributed by atoms with Gasteiger partial charge in [-0.25, -0.2) is 9.48 Å². The van der Waals surface area contributed by atoms with Crippen LogP contribution in [0, 0.1) is 0 Å². The number of hydrogen-bond donors (Lipinski definition) is 0. The van der Waals surface area contributed by atoms with E-state index in [1.54, 1.807) is 4.68 Å². The Labute approximate surface area is 106 Å². The Kier molecular flexibility index (Phi) is 5.47. The maximum atomic E-state index is 11.5. The fraction of sp³-hybridized carbons (Fsp3) is 0.727. The fourth-order valence-electron chi connectivity index (χ4n) is 1.59. The molecule has 0 aromatic carbocycles. The number of carbonyl (C=O) groups is 1. The average Bonchev–Trinajstić information content (AvgIpc) is 2.72. The van der Waals surface area contributed by atoms with E-state index in [-0.39, 0.29) is 5.92 Å². The molecule has 5 nitrogen and oxygen atoms in total. The first-order valence-electron chi connectivity index (χ1n) is 5.71. The van der Waals surface area contributed by atoms with Crippen molar-refractivity contribution in [2.45, 2.75) is 33.2 Å². The van der Waals surface area contributed by atoms with Crippen LogP contribution in [0.15, 0.2) is 0 Å². The van der Waals surface area contributed by atoms with Gasteiger partial charge < -0.3 is 4.74 Å². The number of hydrogen-bond acceptors (Lipinski definition) is 5. The maximum Gasteiger partial charge on any atom is 0.360 e. The molecule has 0 aliphatic heterocycles. The first kappa shape index (κ1) is 14.0. The molecule has 0 bridgehead atoms. The summed E-state index contributed by atoms with van der Waals surface area (Å²) in [5, 5.41) is 7.95. The van der Waals surface area contributed by atoms with Gasteiger partial charge in [-0.2, -0.15) is 11.8 Å². The van der Waals surface area contributed by atoms with E-state index in [0.29, 0.717) is 5.69 Å². The highest BCUT2D eigenvalue weighted by molar-refractivity contribution is 7.99. The van der Waals surface area contributed by atoms with E-state index < -0.39 is 5.97 Å². The Bertz CT molecular complexity index is 377. The molecule has 0 spiro atoms. The van der Waals surface area contributed by atoms with Crippen LogP contribution >= 0.6 is 11.8 Å². The molecule has 0 aliphatic carbocycles. The van der Waals surface area contributed by atoms with Gasteiger partial charge in [-0.1, -0.05) is 26.0 Å². The Hall–Kier alpha value is -1.04. The van der Waals surface area contributed by atoms with Crippen LogP contribution in [0.25, 0.3) is 0 Å². The summed E-state index contributed by atoms with van der Waals surface area (Å²) in [6, 6.07) is 0. The molecule has 1 aromatic rings. The lowest BCUT2D eigenvalue weighted by molar-refractivity contribution is 0.0592. The van der Waals surface area contributed by atoms with Gasteiger partial charge in [-0.3, -0.25) is 0 Å². The first-order chi connectivity index (χ1) is 8.11. The monoisotopic (exact) mass is 257 g/mol. The molecule has 1 aromatic heterocycles. The van der Waals surface area contributed by atoms with Gasteiger partial charge in [0.2, 0.25) is 0 Å². The zero-order valence-electron chi connectivity index (χ0n) is 10.8. The Morgan fingerprint density at radius 1 is 1.53 bits per heavy atom. The van der Waals surface area contributed by atoms with E-state index in [1.165, 1.54) is 7.11 Å². The minimum Gasteiger partial charge on any atom is -0.464 e. The topological polar surface area (TPSA) is 57.0 Å². The van der Waals surface area contributed by atoms with Crippen LogP contribution in [0.5, 0.6) is 0 Å². The second-order valence-corrected chi connectivity index (χ2v) is 5.28. The van der Waals surface area contributed by atoms with Gasteiger partial charge in [0, 0.05) is 5.75 Å². The van der Waals surface area contributed by atoms with E-state index in [4.69, 9.17) is 4.74 Å². The normalized spacial score (nSPS) is 10.9. The summed E-state index contributed by atoms with van der Waals surface area (Å²) in [6.07, 6.45) is 0. The summed E-state index contributed by atoms with van der Waals surface area (Å²) in [7, 11) is 1.36. The molecule has 0 unspecified atom stereocenters. The van der Waals surface area contributed by atoms with Crippen LogP contribution in [0.3, 0.4) is 0 Å². The van der Waals surface area contributed by atoms with E-state index in [0.717, 1.165) is 23.7 Å². The zero-order valence-corrected chi connectivity index (χ0v) is 11.6. The Morgan fingerprint density at radius 2 is 2.24 bits per heavy atom. The summed E-state index contributed by atoms with van der Waals surface area (Å²) in [6.45, 7) is 6.94. The standard InChI is InChI=1S/C11H19N3O2S/c1-5-17-7-6-14-10(8(2)3)9(12-13-14)11(15)16-4/h8H,5-7H2,1-4H3. The van der Waals surface area contributed by atoms with Gasteiger partial charge in [0.05, 0.1) is 19.3 Å². The third-order valence-corrected chi connectivity index (χ3v) is 3.23. The predicted octanol–water partition coefficient (Wildman–Crippen LogP) is 1.94. The predicted molar refractivity (Wildman–Crippen MR) is 68.4 cm³/mol.